The fourth-order valence-corrected chi connectivity index (χ4v) is 2.54. The summed E-state index contributed by atoms with van der Waals surface area (Å²) in [7, 11) is 0. The zero-order chi connectivity index (χ0) is 13.9. The molecule has 0 atom stereocenters. The van der Waals surface area contributed by atoms with Crippen molar-refractivity contribution in [2.24, 2.45) is 0 Å². The topological polar surface area (TPSA) is 29.9 Å². The van der Waals surface area contributed by atoms with Crippen LogP contribution in [0.15, 0.2) is 48.5 Å². The number of aromatic nitrogens is 2. The third-order valence-corrected chi connectivity index (χ3v) is 3.57. The van der Waals surface area contributed by atoms with Crippen molar-refractivity contribution in [3.8, 4) is 0 Å². The van der Waals surface area contributed by atoms with Crippen molar-refractivity contribution in [1.29, 1.82) is 0 Å². The summed E-state index contributed by atoms with van der Waals surface area (Å²) >= 11 is 6.03. The van der Waals surface area contributed by atoms with Gasteiger partial charge in [0.15, 0.2) is 0 Å². The maximum atomic E-state index is 6.03. The fourth-order valence-electron chi connectivity index (χ4n) is 2.38. The second-order valence-electron chi connectivity index (χ2n) is 4.62. The number of fused-ring (bicyclic) bond motifs is 1. The summed E-state index contributed by atoms with van der Waals surface area (Å²) in [6.45, 7) is 3.72. The van der Waals surface area contributed by atoms with Crippen molar-refractivity contribution in [2.45, 2.75) is 20.0 Å². The number of para-hydroxylation sites is 1. The molecule has 0 amide bonds. The van der Waals surface area contributed by atoms with Crippen molar-refractivity contribution in [3.05, 3.63) is 59.4 Å². The molecule has 2 aromatic carbocycles. The lowest BCUT2D eigenvalue weighted by Crippen LogP contribution is -2.07. The third-order valence-electron chi connectivity index (χ3n) is 3.33. The number of aryl methyl sites for hydroxylation is 1. The van der Waals surface area contributed by atoms with Crippen LogP contribution in [0.25, 0.3) is 11.0 Å². The van der Waals surface area contributed by atoms with Gasteiger partial charge in [-0.15, -0.1) is 0 Å². The Balaban J connectivity index is 1.91. The van der Waals surface area contributed by atoms with Crippen LogP contribution in [-0.2, 0) is 13.1 Å². The summed E-state index contributed by atoms with van der Waals surface area (Å²) in [5, 5.41) is 4.12. The van der Waals surface area contributed by atoms with Gasteiger partial charge in [0.25, 0.3) is 0 Å². The molecule has 0 aliphatic rings. The summed E-state index contributed by atoms with van der Waals surface area (Å²) in [5.74, 6) is 1.02. The van der Waals surface area contributed by atoms with E-state index < -0.39 is 0 Å². The number of nitrogens with zero attached hydrogens (tertiary/aromatic N) is 2. The molecule has 1 aromatic heterocycles. The summed E-state index contributed by atoms with van der Waals surface area (Å²) in [6, 6.07) is 16.0. The van der Waals surface area contributed by atoms with Crippen molar-refractivity contribution in [2.75, 3.05) is 5.32 Å². The van der Waals surface area contributed by atoms with E-state index in [0.717, 1.165) is 34.1 Å². The van der Waals surface area contributed by atoms with E-state index in [4.69, 9.17) is 11.6 Å². The van der Waals surface area contributed by atoms with Gasteiger partial charge in [-0.25, -0.2) is 4.98 Å². The lowest BCUT2D eigenvalue weighted by Gasteiger charge is -2.08. The largest absolute Gasteiger partial charge is 0.378 e. The van der Waals surface area contributed by atoms with E-state index in [1.807, 2.05) is 36.4 Å². The monoisotopic (exact) mass is 285 g/mol. The van der Waals surface area contributed by atoms with Crippen LogP contribution < -0.4 is 5.32 Å². The van der Waals surface area contributed by atoms with Crippen LogP contribution in [0.5, 0.6) is 0 Å². The normalized spacial score (nSPS) is 10.9. The van der Waals surface area contributed by atoms with Crippen LogP contribution in [0.1, 0.15) is 12.7 Å². The molecule has 0 bridgehead atoms. The van der Waals surface area contributed by atoms with Gasteiger partial charge in [0.1, 0.15) is 5.82 Å². The molecule has 0 fully saturated rings. The number of halogens is 1. The highest BCUT2D eigenvalue weighted by atomic mass is 35.5. The van der Waals surface area contributed by atoms with Crippen LogP contribution in [0.2, 0.25) is 5.02 Å². The maximum Gasteiger partial charge on any atom is 0.129 e. The van der Waals surface area contributed by atoms with Gasteiger partial charge in [-0.3, -0.25) is 0 Å². The number of benzene rings is 2. The Morgan fingerprint density at radius 2 is 1.95 bits per heavy atom. The van der Waals surface area contributed by atoms with Crippen LogP contribution in [-0.4, -0.2) is 9.55 Å². The number of hydrogen-bond acceptors (Lipinski definition) is 2. The number of imidazole rings is 1. The van der Waals surface area contributed by atoms with E-state index in [0.29, 0.717) is 6.54 Å². The van der Waals surface area contributed by atoms with Gasteiger partial charge in [-0.1, -0.05) is 29.8 Å². The van der Waals surface area contributed by atoms with Gasteiger partial charge in [0, 0.05) is 17.3 Å². The van der Waals surface area contributed by atoms with E-state index >= 15 is 0 Å². The maximum absolute atomic E-state index is 6.03. The van der Waals surface area contributed by atoms with Gasteiger partial charge in [0.2, 0.25) is 0 Å². The molecule has 4 heteroatoms. The summed E-state index contributed by atoms with van der Waals surface area (Å²) in [6.07, 6.45) is 0. The van der Waals surface area contributed by atoms with Gasteiger partial charge in [-0.05, 0) is 37.3 Å². The first-order valence-corrected chi connectivity index (χ1v) is 7.09. The number of rotatable bonds is 4. The van der Waals surface area contributed by atoms with E-state index in [2.05, 4.69) is 33.9 Å². The molecular weight excluding hydrogens is 270 g/mol. The first-order chi connectivity index (χ1) is 9.78. The van der Waals surface area contributed by atoms with Crippen LogP contribution in [0.3, 0.4) is 0 Å². The molecule has 0 spiro atoms. The average Bonchev–Trinajstić information content (AvgIpc) is 2.82. The van der Waals surface area contributed by atoms with Crippen LogP contribution in [0.4, 0.5) is 5.69 Å². The highest BCUT2D eigenvalue weighted by molar-refractivity contribution is 6.31. The predicted molar refractivity (Wildman–Crippen MR) is 84.2 cm³/mol. The third kappa shape index (κ3) is 2.49. The minimum Gasteiger partial charge on any atom is -0.378 e. The fraction of sp³-hybridized carbons (Fsp3) is 0.188. The van der Waals surface area contributed by atoms with Gasteiger partial charge in [0.05, 0.1) is 17.6 Å². The highest BCUT2D eigenvalue weighted by Crippen LogP contribution is 2.21. The molecule has 3 rings (SSSR count). The minimum absolute atomic E-state index is 0.699. The molecular formula is C16H16ClN3. The Labute approximate surface area is 123 Å². The molecule has 0 unspecified atom stereocenters. The Morgan fingerprint density at radius 3 is 2.70 bits per heavy atom. The molecule has 0 aliphatic carbocycles. The van der Waals surface area contributed by atoms with Gasteiger partial charge >= 0.3 is 0 Å². The second-order valence-corrected chi connectivity index (χ2v) is 5.06. The lowest BCUT2D eigenvalue weighted by molar-refractivity contribution is 0.729. The molecule has 0 saturated carbocycles. The van der Waals surface area contributed by atoms with Crippen LogP contribution >= 0.6 is 11.6 Å². The summed E-state index contributed by atoms with van der Waals surface area (Å²) in [5.41, 5.74) is 3.17. The zero-order valence-electron chi connectivity index (χ0n) is 11.3. The molecule has 1 heterocycles. The molecule has 3 aromatic rings. The first kappa shape index (κ1) is 13.0. The minimum atomic E-state index is 0.699. The molecule has 1 N–H and O–H groups in total. The summed E-state index contributed by atoms with van der Waals surface area (Å²) in [4.78, 5) is 4.68. The Hall–Kier alpha value is -2.00. The van der Waals surface area contributed by atoms with Crippen molar-refractivity contribution in [3.63, 3.8) is 0 Å². The number of nitrogens with one attached hydrogen (secondary N) is 1. The Kier molecular flexibility index (Phi) is 3.61. The van der Waals surface area contributed by atoms with E-state index in [-0.39, 0.29) is 0 Å². The van der Waals surface area contributed by atoms with E-state index in [9.17, 15) is 0 Å². The number of hydrogen-bond donors (Lipinski definition) is 1. The first-order valence-electron chi connectivity index (χ1n) is 6.71. The second kappa shape index (κ2) is 5.55. The molecule has 0 aliphatic heterocycles. The quantitative estimate of drug-likeness (QED) is 0.773. The molecule has 102 valence electrons. The molecule has 20 heavy (non-hydrogen) atoms. The zero-order valence-corrected chi connectivity index (χ0v) is 12.1. The molecule has 3 nitrogen and oxygen atoms in total. The van der Waals surface area contributed by atoms with Crippen LogP contribution in [0, 0.1) is 0 Å². The summed E-state index contributed by atoms with van der Waals surface area (Å²) < 4.78 is 2.21. The standard InChI is InChI=1S/C16H16ClN3/c1-2-20-15-9-8-12(17)10-14(15)19-16(20)11-18-13-6-4-3-5-7-13/h3-10,18H,2,11H2,1H3. The SMILES string of the molecule is CCn1c(CNc2ccccc2)nc2cc(Cl)ccc21. The Morgan fingerprint density at radius 1 is 1.15 bits per heavy atom. The lowest BCUT2D eigenvalue weighted by atomic mass is 10.3. The van der Waals surface area contributed by atoms with Crippen molar-refractivity contribution in [1.82, 2.24) is 9.55 Å². The van der Waals surface area contributed by atoms with E-state index in [1.165, 1.54) is 0 Å². The highest BCUT2D eigenvalue weighted by Gasteiger charge is 2.09. The Bertz CT molecular complexity index is 719. The smallest absolute Gasteiger partial charge is 0.129 e. The van der Waals surface area contributed by atoms with E-state index in [1.54, 1.807) is 0 Å². The molecule has 0 radical (unpaired) electrons. The number of anilines is 1. The molecule has 0 saturated heterocycles. The predicted octanol–water partition coefficient (Wildman–Crippen LogP) is 4.32. The van der Waals surface area contributed by atoms with Crippen molar-refractivity contribution >= 4 is 28.3 Å². The van der Waals surface area contributed by atoms with Gasteiger partial charge in [-0.2, -0.15) is 0 Å². The average molecular weight is 286 g/mol. The van der Waals surface area contributed by atoms with Gasteiger partial charge < -0.3 is 9.88 Å². The van der Waals surface area contributed by atoms with Crippen molar-refractivity contribution < 1.29 is 0 Å².